The molecule has 0 saturated carbocycles. The maximum Gasteiger partial charge on any atom is 0.211 e. The number of methoxy groups -OCH3 is 2. The van der Waals surface area contributed by atoms with Gasteiger partial charge in [0.25, 0.3) is 0 Å². The molecule has 19 heavy (non-hydrogen) atoms. The molecule has 1 heterocycles. The molecule has 2 rings (SSSR count). The topological polar surface area (TPSA) is 74.4 Å². The lowest BCUT2D eigenvalue weighted by Crippen LogP contribution is -2.05. The van der Waals surface area contributed by atoms with Gasteiger partial charge in [0.05, 0.1) is 26.1 Å². The summed E-state index contributed by atoms with van der Waals surface area (Å²) in [7, 11) is 3.06. The third kappa shape index (κ3) is 2.65. The minimum atomic E-state index is -0.194. The smallest absolute Gasteiger partial charge is 0.211 e. The van der Waals surface area contributed by atoms with Gasteiger partial charge in [-0.2, -0.15) is 0 Å². The van der Waals surface area contributed by atoms with Crippen LogP contribution in [0.15, 0.2) is 36.5 Å². The van der Waals surface area contributed by atoms with Crippen molar-refractivity contribution in [3.8, 4) is 11.5 Å². The summed E-state index contributed by atoms with van der Waals surface area (Å²) in [6.45, 7) is 0. The van der Waals surface area contributed by atoms with Crippen LogP contribution in [0.3, 0.4) is 0 Å². The molecule has 0 aliphatic rings. The summed E-state index contributed by atoms with van der Waals surface area (Å²) in [5.74, 6) is 0.883. The first-order valence-electron chi connectivity index (χ1n) is 5.64. The van der Waals surface area contributed by atoms with Crippen LogP contribution in [-0.2, 0) is 0 Å². The van der Waals surface area contributed by atoms with Crippen molar-refractivity contribution in [2.45, 2.75) is 0 Å². The highest BCUT2D eigenvalue weighted by molar-refractivity contribution is 6.08. The number of hydrogen-bond donors (Lipinski definition) is 1. The summed E-state index contributed by atoms with van der Waals surface area (Å²) in [6.07, 6.45) is 1.45. The number of carbonyl (C=O) groups excluding carboxylic acids is 1. The van der Waals surface area contributed by atoms with Gasteiger partial charge in [0.1, 0.15) is 5.69 Å². The number of carbonyl (C=O) groups is 1. The molecule has 0 amide bonds. The highest BCUT2D eigenvalue weighted by Crippen LogP contribution is 2.28. The van der Waals surface area contributed by atoms with E-state index in [9.17, 15) is 4.79 Å². The molecule has 1 aromatic carbocycles. The fourth-order valence-electron chi connectivity index (χ4n) is 1.66. The highest BCUT2D eigenvalue weighted by Gasteiger charge is 2.13. The maximum absolute atomic E-state index is 12.2. The first-order valence-corrected chi connectivity index (χ1v) is 5.64. The Hall–Kier alpha value is -2.56. The number of aromatic nitrogens is 1. The number of hydrogen-bond acceptors (Lipinski definition) is 5. The number of benzene rings is 1. The maximum atomic E-state index is 12.2. The Labute approximate surface area is 111 Å². The molecule has 0 bridgehead atoms. The van der Waals surface area contributed by atoms with E-state index in [4.69, 9.17) is 15.2 Å². The SMILES string of the molecule is COc1ccc(C(=O)c2ccc(N)cn2)cc1OC. The third-order valence-corrected chi connectivity index (χ3v) is 2.66. The van der Waals surface area contributed by atoms with E-state index < -0.39 is 0 Å². The van der Waals surface area contributed by atoms with Gasteiger partial charge in [-0.25, -0.2) is 0 Å². The van der Waals surface area contributed by atoms with Crippen molar-refractivity contribution in [2.75, 3.05) is 20.0 Å². The Morgan fingerprint density at radius 2 is 1.84 bits per heavy atom. The number of ether oxygens (including phenoxy) is 2. The highest BCUT2D eigenvalue weighted by atomic mass is 16.5. The first kappa shape index (κ1) is 12.9. The van der Waals surface area contributed by atoms with Crippen LogP contribution in [-0.4, -0.2) is 25.0 Å². The van der Waals surface area contributed by atoms with Gasteiger partial charge in [-0.15, -0.1) is 0 Å². The molecule has 2 aromatic rings. The van der Waals surface area contributed by atoms with E-state index in [0.29, 0.717) is 28.4 Å². The molecule has 5 heteroatoms. The Morgan fingerprint density at radius 1 is 1.11 bits per heavy atom. The number of nitrogens with zero attached hydrogens (tertiary/aromatic N) is 1. The second-order valence-corrected chi connectivity index (χ2v) is 3.88. The third-order valence-electron chi connectivity index (χ3n) is 2.66. The Bertz CT molecular complexity index is 594. The first-order chi connectivity index (χ1) is 9.15. The van der Waals surface area contributed by atoms with Gasteiger partial charge >= 0.3 is 0 Å². The Balaban J connectivity index is 2.36. The summed E-state index contributed by atoms with van der Waals surface area (Å²) < 4.78 is 10.3. The lowest BCUT2D eigenvalue weighted by Gasteiger charge is -2.08. The Kier molecular flexibility index (Phi) is 3.66. The van der Waals surface area contributed by atoms with Gasteiger partial charge in [-0.05, 0) is 30.3 Å². The van der Waals surface area contributed by atoms with Crippen molar-refractivity contribution in [3.05, 3.63) is 47.8 Å². The molecule has 0 aliphatic carbocycles. The average molecular weight is 258 g/mol. The van der Waals surface area contributed by atoms with Gasteiger partial charge < -0.3 is 15.2 Å². The van der Waals surface area contributed by atoms with Crippen molar-refractivity contribution >= 4 is 11.5 Å². The van der Waals surface area contributed by atoms with Crippen LogP contribution in [0.2, 0.25) is 0 Å². The number of ketones is 1. The predicted octanol–water partition coefficient (Wildman–Crippen LogP) is 1.91. The van der Waals surface area contributed by atoms with Crippen LogP contribution >= 0.6 is 0 Å². The van der Waals surface area contributed by atoms with Gasteiger partial charge in [-0.1, -0.05) is 0 Å². The minimum absolute atomic E-state index is 0.194. The van der Waals surface area contributed by atoms with Crippen LogP contribution in [0, 0.1) is 0 Å². The number of pyridine rings is 1. The van der Waals surface area contributed by atoms with Gasteiger partial charge in [0, 0.05) is 5.56 Å². The standard InChI is InChI=1S/C14H14N2O3/c1-18-12-6-3-9(7-13(12)19-2)14(17)11-5-4-10(15)8-16-11/h3-8H,15H2,1-2H3. The summed E-state index contributed by atoms with van der Waals surface area (Å²) in [6, 6.07) is 8.21. The second-order valence-electron chi connectivity index (χ2n) is 3.88. The number of anilines is 1. The molecule has 1 aromatic heterocycles. The number of rotatable bonds is 4. The molecule has 0 radical (unpaired) electrons. The van der Waals surface area contributed by atoms with Crippen molar-refractivity contribution in [3.63, 3.8) is 0 Å². The summed E-state index contributed by atoms with van der Waals surface area (Å²) in [5, 5.41) is 0. The summed E-state index contributed by atoms with van der Waals surface area (Å²) >= 11 is 0. The average Bonchev–Trinajstić information content (AvgIpc) is 2.46. The van der Waals surface area contributed by atoms with Crippen LogP contribution in [0.25, 0.3) is 0 Å². The predicted molar refractivity (Wildman–Crippen MR) is 71.6 cm³/mol. The normalized spacial score (nSPS) is 10.0. The minimum Gasteiger partial charge on any atom is -0.493 e. The fraction of sp³-hybridized carbons (Fsp3) is 0.143. The monoisotopic (exact) mass is 258 g/mol. The van der Waals surface area contributed by atoms with E-state index in [2.05, 4.69) is 4.98 Å². The molecule has 98 valence electrons. The van der Waals surface area contributed by atoms with Crippen molar-refractivity contribution < 1.29 is 14.3 Å². The van der Waals surface area contributed by atoms with E-state index in [1.807, 2.05) is 0 Å². The molecular weight excluding hydrogens is 244 g/mol. The molecule has 2 N–H and O–H groups in total. The zero-order valence-electron chi connectivity index (χ0n) is 10.7. The molecular formula is C14H14N2O3. The lowest BCUT2D eigenvalue weighted by molar-refractivity contribution is 0.103. The largest absolute Gasteiger partial charge is 0.493 e. The second kappa shape index (κ2) is 5.39. The van der Waals surface area contributed by atoms with E-state index in [0.717, 1.165) is 0 Å². The van der Waals surface area contributed by atoms with Crippen molar-refractivity contribution in [1.82, 2.24) is 4.98 Å². The van der Waals surface area contributed by atoms with Crippen molar-refractivity contribution in [2.24, 2.45) is 0 Å². The molecule has 0 spiro atoms. The Morgan fingerprint density at radius 3 is 2.42 bits per heavy atom. The van der Waals surface area contributed by atoms with Gasteiger partial charge in [-0.3, -0.25) is 9.78 Å². The van der Waals surface area contributed by atoms with Crippen LogP contribution < -0.4 is 15.2 Å². The van der Waals surface area contributed by atoms with Crippen LogP contribution in [0.5, 0.6) is 11.5 Å². The summed E-state index contributed by atoms with van der Waals surface area (Å²) in [5.41, 5.74) is 6.87. The van der Waals surface area contributed by atoms with E-state index in [1.54, 1.807) is 37.4 Å². The van der Waals surface area contributed by atoms with E-state index >= 15 is 0 Å². The van der Waals surface area contributed by atoms with Crippen LogP contribution in [0.4, 0.5) is 5.69 Å². The van der Waals surface area contributed by atoms with Crippen molar-refractivity contribution in [1.29, 1.82) is 0 Å². The molecule has 5 nitrogen and oxygen atoms in total. The summed E-state index contributed by atoms with van der Waals surface area (Å²) in [4.78, 5) is 16.2. The van der Waals surface area contributed by atoms with Crippen LogP contribution in [0.1, 0.15) is 16.1 Å². The number of nitrogens with two attached hydrogens (primary N) is 1. The van der Waals surface area contributed by atoms with Gasteiger partial charge in [0.15, 0.2) is 11.5 Å². The lowest BCUT2D eigenvalue weighted by atomic mass is 10.1. The molecule has 0 fully saturated rings. The zero-order chi connectivity index (χ0) is 13.8. The van der Waals surface area contributed by atoms with E-state index in [-0.39, 0.29) is 5.78 Å². The molecule has 0 unspecified atom stereocenters. The molecule has 0 atom stereocenters. The van der Waals surface area contributed by atoms with Gasteiger partial charge in [0.2, 0.25) is 5.78 Å². The molecule has 0 saturated heterocycles. The van der Waals surface area contributed by atoms with E-state index in [1.165, 1.54) is 13.3 Å². The number of nitrogen functional groups attached to an aromatic ring is 1. The zero-order valence-corrected chi connectivity index (χ0v) is 10.7. The quantitative estimate of drug-likeness (QED) is 0.848. The fourth-order valence-corrected chi connectivity index (χ4v) is 1.66. The molecule has 0 aliphatic heterocycles.